The van der Waals surface area contributed by atoms with Gasteiger partial charge < -0.3 is 4.98 Å². The van der Waals surface area contributed by atoms with Crippen molar-refractivity contribution in [3.05, 3.63) is 52.5 Å². The second-order valence-electron chi connectivity index (χ2n) is 3.87. The highest BCUT2D eigenvalue weighted by molar-refractivity contribution is 9.10. The average Bonchev–Trinajstić information content (AvgIpc) is 2.80. The third kappa shape index (κ3) is 3.49. The van der Waals surface area contributed by atoms with Crippen LogP contribution in [0.1, 0.15) is 24.2 Å². The Morgan fingerprint density at radius 2 is 1.81 bits per heavy atom. The summed E-state index contributed by atoms with van der Waals surface area (Å²) in [5, 5.41) is 0. The SMILES string of the molecule is Brc1ccc(CCCCc2ncc[nH]2)cc1. The fourth-order valence-electron chi connectivity index (χ4n) is 1.71. The van der Waals surface area contributed by atoms with E-state index in [1.54, 1.807) is 0 Å². The van der Waals surface area contributed by atoms with Crippen LogP contribution in [-0.2, 0) is 12.8 Å². The van der Waals surface area contributed by atoms with Crippen LogP contribution in [0.3, 0.4) is 0 Å². The van der Waals surface area contributed by atoms with Gasteiger partial charge in [-0.05, 0) is 37.0 Å². The molecule has 1 aromatic carbocycles. The first kappa shape index (κ1) is 11.4. The summed E-state index contributed by atoms with van der Waals surface area (Å²) in [5.74, 6) is 1.09. The fraction of sp³-hybridized carbons (Fsp3) is 0.308. The number of aromatic amines is 1. The number of nitrogens with one attached hydrogen (secondary N) is 1. The summed E-state index contributed by atoms with van der Waals surface area (Å²) in [7, 11) is 0. The van der Waals surface area contributed by atoms with E-state index in [9.17, 15) is 0 Å². The molecule has 0 saturated carbocycles. The van der Waals surface area contributed by atoms with Gasteiger partial charge in [0.1, 0.15) is 5.82 Å². The van der Waals surface area contributed by atoms with Crippen molar-refractivity contribution >= 4 is 15.9 Å². The summed E-state index contributed by atoms with van der Waals surface area (Å²) in [4.78, 5) is 7.34. The molecule has 0 unspecified atom stereocenters. The molecular weight excluding hydrogens is 264 g/mol. The minimum absolute atomic E-state index is 1.05. The van der Waals surface area contributed by atoms with Crippen LogP contribution < -0.4 is 0 Å². The number of rotatable bonds is 5. The van der Waals surface area contributed by atoms with E-state index in [0.29, 0.717) is 0 Å². The van der Waals surface area contributed by atoms with Crippen LogP contribution >= 0.6 is 15.9 Å². The monoisotopic (exact) mass is 278 g/mol. The van der Waals surface area contributed by atoms with Crippen LogP contribution in [0.4, 0.5) is 0 Å². The maximum Gasteiger partial charge on any atom is 0.105 e. The molecule has 2 aromatic rings. The normalized spacial score (nSPS) is 10.6. The highest BCUT2D eigenvalue weighted by atomic mass is 79.9. The third-order valence-corrected chi connectivity index (χ3v) is 3.13. The largest absolute Gasteiger partial charge is 0.349 e. The Morgan fingerprint density at radius 3 is 2.50 bits per heavy atom. The van der Waals surface area contributed by atoms with Crippen LogP contribution in [0, 0.1) is 0 Å². The second-order valence-corrected chi connectivity index (χ2v) is 4.79. The quantitative estimate of drug-likeness (QED) is 0.830. The molecule has 16 heavy (non-hydrogen) atoms. The molecule has 84 valence electrons. The number of aromatic nitrogens is 2. The second kappa shape index (κ2) is 5.85. The molecule has 1 N–H and O–H groups in total. The standard InChI is InChI=1S/C13H15BrN2/c14-12-7-5-11(6-8-12)3-1-2-4-13-15-9-10-16-13/h5-10H,1-4H2,(H,15,16). The van der Waals surface area contributed by atoms with E-state index in [1.807, 2.05) is 12.4 Å². The Hall–Kier alpha value is -1.09. The first-order valence-electron chi connectivity index (χ1n) is 5.57. The van der Waals surface area contributed by atoms with Gasteiger partial charge >= 0.3 is 0 Å². The van der Waals surface area contributed by atoms with Gasteiger partial charge in [-0.1, -0.05) is 28.1 Å². The van der Waals surface area contributed by atoms with E-state index < -0.39 is 0 Å². The Bertz CT molecular complexity index is 406. The molecule has 0 aliphatic heterocycles. The maximum atomic E-state index is 4.21. The topological polar surface area (TPSA) is 28.7 Å². The zero-order valence-corrected chi connectivity index (χ0v) is 10.7. The van der Waals surface area contributed by atoms with Crippen molar-refractivity contribution in [2.45, 2.75) is 25.7 Å². The smallest absolute Gasteiger partial charge is 0.105 e. The van der Waals surface area contributed by atoms with Crippen molar-refractivity contribution in [3.8, 4) is 0 Å². The van der Waals surface area contributed by atoms with E-state index >= 15 is 0 Å². The van der Waals surface area contributed by atoms with Gasteiger partial charge in [-0.15, -0.1) is 0 Å². The molecule has 0 fully saturated rings. The molecule has 0 bridgehead atoms. The number of benzene rings is 1. The van der Waals surface area contributed by atoms with Gasteiger partial charge in [-0.2, -0.15) is 0 Å². The van der Waals surface area contributed by atoms with Crippen molar-refractivity contribution < 1.29 is 0 Å². The Kier molecular flexibility index (Phi) is 4.17. The summed E-state index contributed by atoms with van der Waals surface area (Å²) in [5.41, 5.74) is 1.41. The Balaban J connectivity index is 1.70. The number of hydrogen-bond donors (Lipinski definition) is 1. The predicted octanol–water partition coefficient (Wildman–Crippen LogP) is 3.74. The minimum Gasteiger partial charge on any atom is -0.349 e. The van der Waals surface area contributed by atoms with Crippen molar-refractivity contribution in [1.82, 2.24) is 9.97 Å². The zero-order chi connectivity index (χ0) is 11.2. The molecule has 2 rings (SSSR count). The molecule has 0 amide bonds. The molecule has 0 aliphatic rings. The van der Waals surface area contributed by atoms with Gasteiger partial charge in [0.25, 0.3) is 0 Å². The van der Waals surface area contributed by atoms with Crippen LogP contribution in [0.5, 0.6) is 0 Å². The fourth-order valence-corrected chi connectivity index (χ4v) is 1.97. The molecule has 0 aliphatic carbocycles. The van der Waals surface area contributed by atoms with E-state index in [-0.39, 0.29) is 0 Å². The van der Waals surface area contributed by atoms with Crippen molar-refractivity contribution in [2.24, 2.45) is 0 Å². The van der Waals surface area contributed by atoms with Crippen LogP contribution in [-0.4, -0.2) is 9.97 Å². The molecule has 3 heteroatoms. The van der Waals surface area contributed by atoms with E-state index in [4.69, 9.17) is 0 Å². The summed E-state index contributed by atoms with van der Waals surface area (Å²) in [6.07, 6.45) is 8.28. The van der Waals surface area contributed by atoms with Gasteiger partial charge in [-0.3, -0.25) is 0 Å². The Labute approximate surface area is 104 Å². The third-order valence-electron chi connectivity index (χ3n) is 2.60. The molecule has 0 saturated heterocycles. The van der Waals surface area contributed by atoms with Crippen molar-refractivity contribution in [2.75, 3.05) is 0 Å². The van der Waals surface area contributed by atoms with Crippen molar-refractivity contribution in [3.63, 3.8) is 0 Å². The first-order valence-corrected chi connectivity index (χ1v) is 6.36. The molecule has 0 atom stereocenters. The number of imidazole rings is 1. The molecule has 0 radical (unpaired) electrons. The van der Waals surface area contributed by atoms with E-state index in [1.165, 1.54) is 18.4 Å². The lowest BCUT2D eigenvalue weighted by atomic mass is 10.1. The molecule has 0 spiro atoms. The lowest BCUT2D eigenvalue weighted by Crippen LogP contribution is -1.90. The number of halogens is 1. The average molecular weight is 279 g/mol. The number of aryl methyl sites for hydroxylation is 2. The number of H-pyrrole nitrogens is 1. The first-order chi connectivity index (χ1) is 7.84. The molecule has 1 aromatic heterocycles. The number of hydrogen-bond acceptors (Lipinski definition) is 1. The molecule has 2 nitrogen and oxygen atoms in total. The summed E-state index contributed by atoms with van der Waals surface area (Å²) in [6.45, 7) is 0. The van der Waals surface area contributed by atoms with Gasteiger partial charge in [0.2, 0.25) is 0 Å². The van der Waals surface area contributed by atoms with E-state index in [0.717, 1.165) is 23.1 Å². The highest BCUT2D eigenvalue weighted by Crippen LogP contribution is 2.12. The summed E-state index contributed by atoms with van der Waals surface area (Å²) >= 11 is 3.44. The lowest BCUT2D eigenvalue weighted by molar-refractivity contribution is 0.713. The van der Waals surface area contributed by atoms with Gasteiger partial charge in [0.15, 0.2) is 0 Å². The van der Waals surface area contributed by atoms with Crippen LogP contribution in [0.2, 0.25) is 0 Å². The summed E-state index contributed by atoms with van der Waals surface area (Å²) < 4.78 is 1.15. The zero-order valence-electron chi connectivity index (χ0n) is 9.12. The van der Waals surface area contributed by atoms with Gasteiger partial charge in [0.05, 0.1) is 0 Å². The lowest BCUT2D eigenvalue weighted by Gasteiger charge is -2.01. The molecule has 1 heterocycles. The van der Waals surface area contributed by atoms with Crippen LogP contribution in [0.15, 0.2) is 41.1 Å². The van der Waals surface area contributed by atoms with E-state index in [2.05, 4.69) is 50.2 Å². The van der Waals surface area contributed by atoms with Gasteiger partial charge in [0, 0.05) is 23.3 Å². The van der Waals surface area contributed by atoms with Gasteiger partial charge in [-0.25, -0.2) is 4.98 Å². The maximum absolute atomic E-state index is 4.21. The summed E-state index contributed by atoms with van der Waals surface area (Å²) in [6, 6.07) is 8.55. The highest BCUT2D eigenvalue weighted by Gasteiger charge is 1.96. The molecular formula is C13H15BrN2. The number of unbranched alkanes of at least 4 members (excludes halogenated alkanes) is 1. The minimum atomic E-state index is 1.05. The van der Waals surface area contributed by atoms with Crippen LogP contribution in [0.25, 0.3) is 0 Å². The van der Waals surface area contributed by atoms with Crippen molar-refractivity contribution in [1.29, 1.82) is 0 Å². The Morgan fingerprint density at radius 1 is 1.06 bits per heavy atom. The predicted molar refractivity (Wildman–Crippen MR) is 69.4 cm³/mol. The number of nitrogens with zero attached hydrogens (tertiary/aromatic N) is 1.